The number of benzene rings is 1. The van der Waals surface area contributed by atoms with Gasteiger partial charge in [-0.3, -0.25) is 9.69 Å². The van der Waals surface area contributed by atoms with Crippen LogP contribution in [0, 0.1) is 0 Å². The Labute approximate surface area is 216 Å². The highest BCUT2D eigenvalue weighted by Gasteiger charge is 2.20. The molecular weight excluding hydrogens is 478 g/mol. The van der Waals surface area contributed by atoms with E-state index >= 15 is 0 Å². The molecule has 1 N–H and O–H groups in total. The second-order valence-corrected chi connectivity index (χ2v) is 9.43. The monoisotopic (exact) mass is 511 g/mol. The number of hydrogen-bond acceptors (Lipinski definition) is 9. The predicted octanol–water partition coefficient (Wildman–Crippen LogP) is 3.21. The van der Waals surface area contributed by atoms with Gasteiger partial charge in [-0.1, -0.05) is 42.1 Å². The third-order valence-electron chi connectivity index (χ3n) is 5.80. The van der Waals surface area contributed by atoms with Crippen LogP contribution in [0.3, 0.4) is 0 Å². The summed E-state index contributed by atoms with van der Waals surface area (Å²) in [5.74, 6) is 2.15. The third-order valence-corrected chi connectivity index (χ3v) is 6.67. The fourth-order valence-electron chi connectivity index (χ4n) is 3.95. The van der Waals surface area contributed by atoms with Crippen molar-refractivity contribution in [3.63, 3.8) is 0 Å². The Hall–Kier alpha value is -2.92. The molecule has 10 heteroatoms. The van der Waals surface area contributed by atoms with Gasteiger partial charge in [0.25, 0.3) is 5.91 Å². The largest absolute Gasteiger partial charge is 0.455 e. The number of methoxy groups -OCH3 is 2. The van der Waals surface area contributed by atoms with Crippen molar-refractivity contribution in [2.45, 2.75) is 24.1 Å². The van der Waals surface area contributed by atoms with Crippen LogP contribution in [-0.2, 0) is 28.4 Å². The minimum absolute atomic E-state index is 0.254. The quantitative estimate of drug-likeness (QED) is 0.224. The maximum absolute atomic E-state index is 12.2. The molecule has 0 unspecified atom stereocenters. The molecule has 0 atom stereocenters. The Balaban J connectivity index is 1.35. The lowest BCUT2D eigenvalue weighted by molar-refractivity contribution is 0.0908. The Bertz CT molecular complexity index is 1100. The average Bonchev–Trinajstić information content (AvgIpc) is 3.38. The number of amides is 1. The maximum atomic E-state index is 12.2. The van der Waals surface area contributed by atoms with Gasteiger partial charge in [0.2, 0.25) is 0 Å². The molecule has 0 bridgehead atoms. The zero-order valence-corrected chi connectivity index (χ0v) is 21.6. The van der Waals surface area contributed by atoms with Crippen LogP contribution in [0.25, 0.3) is 0 Å². The molecule has 3 aromatic rings. The SMILES string of the molecule is COCCNC(=O)c1ccc(CSc2nc(COC)cc(N3CCN(Cc4ccccc4)CC3)n2)o1. The van der Waals surface area contributed by atoms with E-state index in [9.17, 15) is 4.79 Å². The van der Waals surface area contributed by atoms with E-state index < -0.39 is 0 Å². The molecule has 36 heavy (non-hydrogen) atoms. The van der Waals surface area contributed by atoms with Gasteiger partial charge >= 0.3 is 0 Å². The minimum Gasteiger partial charge on any atom is -0.455 e. The summed E-state index contributed by atoms with van der Waals surface area (Å²) in [6, 6.07) is 16.1. The summed E-state index contributed by atoms with van der Waals surface area (Å²) in [7, 11) is 3.26. The summed E-state index contributed by atoms with van der Waals surface area (Å²) in [4.78, 5) is 26.4. The number of ether oxygens (including phenoxy) is 2. The van der Waals surface area contributed by atoms with Crippen LogP contribution in [-0.4, -0.2) is 74.3 Å². The first-order valence-corrected chi connectivity index (χ1v) is 13.0. The number of carbonyl (C=O) groups is 1. The number of carbonyl (C=O) groups excluding carboxylic acids is 1. The van der Waals surface area contributed by atoms with E-state index in [0.29, 0.717) is 36.4 Å². The van der Waals surface area contributed by atoms with Gasteiger partial charge in [0.1, 0.15) is 11.6 Å². The van der Waals surface area contributed by atoms with Gasteiger partial charge in [-0.15, -0.1) is 0 Å². The molecule has 192 valence electrons. The second-order valence-electron chi connectivity index (χ2n) is 8.49. The molecule has 1 fully saturated rings. The molecule has 1 amide bonds. The fraction of sp³-hybridized carbons (Fsp3) is 0.423. The molecule has 0 radical (unpaired) electrons. The number of hydrogen-bond donors (Lipinski definition) is 1. The first kappa shape index (κ1) is 26.2. The lowest BCUT2D eigenvalue weighted by Crippen LogP contribution is -2.46. The van der Waals surface area contributed by atoms with Gasteiger partial charge in [-0.05, 0) is 17.7 Å². The van der Waals surface area contributed by atoms with Crippen molar-refractivity contribution in [2.75, 3.05) is 58.5 Å². The first-order chi connectivity index (χ1) is 17.6. The Morgan fingerprint density at radius 2 is 1.86 bits per heavy atom. The normalized spacial score (nSPS) is 14.2. The lowest BCUT2D eigenvalue weighted by Gasteiger charge is -2.35. The number of thioether (sulfide) groups is 1. The van der Waals surface area contributed by atoms with Crippen molar-refractivity contribution < 1.29 is 18.7 Å². The average molecular weight is 512 g/mol. The number of anilines is 1. The number of rotatable bonds is 12. The van der Waals surface area contributed by atoms with Gasteiger partial charge in [0.05, 0.1) is 24.7 Å². The minimum atomic E-state index is -0.254. The summed E-state index contributed by atoms with van der Waals surface area (Å²) in [5, 5.41) is 3.42. The highest BCUT2D eigenvalue weighted by atomic mass is 32.2. The summed E-state index contributed by atoms with van der Waals surface area (Å²) < 4.78 is 16.0. The maximum Gasteiger partial charge on any atom is 0.287 e. The number of nitrogens with zero attached hydrogens (tertiary/aromatic N) is 4. The zero-order valence-electron chi connectivity index (χ0n) is 20.8. The number of nitrogens with one attached hydrogen (secondary N) is 1. The summed E-state index contributed by atoms with van der Waals surface area (Å²) in [5.41, 5.74) is 2.18. The van der Waals surface area contributed by atoms with Crippen LogP contribution in [0.5, 0.6) is 0 Å². The van der Waals surface area contributed by atoms with Crippen molar-refractivity contribution in [3.8, 4) is 0 Å². The first-order valence-electron chi connectivity index (χ1n) is 12.0. The topological polar surface area (TPSA) is 93.0 Å². The van der Waals surface area contributed by atoms with Crippen LogP contribution in [0.4, 0.5) is 5.82 Å². The molecule has 4 rings (SSSR count). The van der Waals surface area contributed by atoms with Gasteiger partial charge in [0, 0.05) is 59.6 Å². The van der Waals surface area contributed by atoms with Crippen molar-refractivity contribution in [1.82, 2.24) is 20.2 Å². The molecule has 2 aromatic heterocycles. The van der Waals surface area contributed by atoms with Crippen molar-refractivity contribution in [1.29, 1.82) is 0 Å². The van der Waals surface area contributed by atoms with E-state index in [-0.39, 0.29) is 11.7 Å². The van der Waals surface area contributed by atoms with Crippen molar-refractivity contribution in [3.05, 3.63) is 71.3 Å². The van der Waals surface area contributed by atoms with Crippen molar-refractivity contribution in [2.24, 2.45) is 0 Å². The molecular formula is C26H33N5O4S. The Morgan fingerprint density at radius 1 is 1.06 bits per heavy atom. The van der Waals surface area contributed by atoms with Crippen LogP contribution in [0.2, 0.25) is 0 Å². The van der Waals surface area contributed by atoms with E-state index in [2.05, 4.69) is 50.4 Å². The Kier molecular flexibility index (Phi) is 9.74. The third kappa shape index (κ3) is 7.54. The molecule has 0 aliphatic carbocycles. The second kappa shape index (κ2) is 13.4. The van der Waals surface area contributed by atoms with E-state index in [1.54, 1.807) is 20.3 Å². The van der Waals surface area contributed by atoms with E-state index in [1.165, 1.54) is 17.3 Å². The highest BCUT2D eigenvalue weighted by Crippen LogP contribution is 2.25. The fourth-order valence-corrected chi connectivity index (χ4v) is 4.72. The molecule has 0 spiro atoms. The smallest absolute Gasteiger partial charge is 0.287 e. The molecule has 3 heterocycles. The van der Waals surface area contributed by atoms with Gasteiger partial charge < -0.3 is 24.1 Å². The number of furan rings is 1. The summed E-state index contributed by atoms with van der Waals surface area (Å²) in [6.07, 6.45) is 0. The Morgan fingerprint density at radius 3 is 2.61 bits per heavy atom. The van der Waals surface area contributed by atoms with Gasteiger partial charge in [-0.2, -0.15) is 0 Å². The molecule has 1 aliphatic heterocycles. The van der Waals surface area contributed by atoms with Crippen LogP contribution in [0.1, 0.15) is 27.6 Å². The number of piperazine rings is 1. The van der Waals surface area contributed by atoms with E-state index in [1.807, 2.05) is 12.1 Å². The van der Waals surface area contributed by atoms with Crippen LogP contribution >= 0.6 is 11.8 Å². The standard InChI is InChI=1S/C26H33N5O4S/c1-33-15-10-27-25(32)23-9-8-22(35-23)19-36-26-28-21(18-34-2)16-24(29-26)31-13-11-30(12-14-31)17-20-6-4-3-5-7-20/h3-9,16H,10-15,17-19H2,1-2H3,(H,27,32). The van der Waals surface area contributed by atoms with Gasteiger partial charge in [-0.25, -0.2) is 9.97 Å². The van der Waals surface area contributed by atoms with E-state index in [0.717, 1.165) is 44.2 Å². The summed E-state index contributed by atoms with van der Waals surface area (Å²) >= 11 is 1.48. The van der Waals surface area contributed by atoms with E-state index in [4.69, 9.17) is 18.9 Å². The van der Waals surface area contributed by atoms with Crippen LogP contribution in [0.15, 0.2) is 58.1 Å². The molecule has 1 aliphatic rings. The predicted molar refractivity (Wildman–Crippen MR) is 139 cm³/mol. The molecule has 1 saturated heterocycles. The van der Waals surface area contributed by atoms with Crippen molar-refractivity contribution >= 4 is 23.5 Å². The zero-order chi connectivity index (χ0) is 25.2. The highest BCUT2D eigenvalue weighted by molar-refractivity contribution is 7.98. The molecule has 1 aromatic carbocycles. The van der Waals surface area contributed by atoms with Crippen LogP contribution < -0.4 is 10.2 Å². The number of aromatic nitrogens is 2. The molecule has 9 nitrogen and oxygen atoms in total. The lowest BCUT2D eigenvalue weighted by atomic mass is 10.2. The van der Waals surface area contributed by atoms with Gasteiger partial charge in [0.15, 0.2) is 10.9 Å². The molecule has 0 saturated carbocycles. The summed E-state index contributed by atoms with van der Waals surface area (Å²) in [6.45, 7) is 6.03.